The third-order valence-corrected chi connectivity index (χ3v) is 14.4. The number of nitrogens with zero attached hydrogens (tertiary/aromatic N) is 2. The highest BCUT2D eigenvalue weighted by Gasteiger charge is 2.48. The van der Waals surface area contributed by atoms with Gasteiger partial charge >= 0.3 is 0 Å². The van der Waals surface area contributed by atoms with E-state index in [1.165, 1.54) is 5.56 Å². The van der Waals surface area contributed by atoms with Gasteiger partial charge in [-0.05, 0) is 96.4 Å². The van der Waals surface area contributed by atoms with E-state index in [2.05, 4.69) is 66.3 Å². The molecule has 1 fully saturated rings. The number of nitrogens with one attached hydrogen (secondary N) is 1. The van der Waals surface area contributed by atoms with Gasteiger partial charge in [0, 0.05) is 55.8 Å². The zero-order valence-electron chi connectivity index (χ0n) is 35.2. The molecule has 5 heterocycles. The number of aliphatic hydroxyl groups is 2. The molecule has 2 aromatic carbocycles. The van der Waals surface area contributed by atoms with Crippen LogP contribution in [0.4, 0.5) is 0 Å². The van der Waals surface area contributed by atoms with Crippen molar-refractivity contribution in [1.29, 1.82) is 0 Å². The first-order chi connectivity index (χ1) is 29.2. The monoisotopic (exact) mass is 808 g/mol. The van der Waals surface area contributed by atoms with Gasteiger partial charge in [0.1, 0.15) is 18.0 Å². The highest BCUT2D eigenvalue weighted by atomic mass is 16.5. The number of allylic oxidation sites excluding steroid dienone is 2. The summed E-state index contributed by atoms with van der Waals surface area (Å²) in [7, 11) is 0. The van der Waals surface area contributed by atoms with Gasteiger partial charge < -0.3 is 30.3 Å². The maximum atomic E-state index is 14.0. The molecule has 9 nitrogen and oxygen atoms in total. The summed E-state index contributed by atoms with van der Waals surface area (Å²) in [6.07, 6.45) is 20.7. The number of aliphatic hydroxyl groups excluding tert-OH is 2. The molecular formula is C51H60N4O5. The van der Waals surface area contributed by atoms with Crippen molar-refractivity contribution in [3.05, 3.63) is 93.3 Å². The van der Waals surface area contributed by atoms with Crippen LogP contribution in [0.25, 0.3) is 0 Å². The van der Waals surface area contributed by atoms with Crippen LogP contribution in [-0.4, -0.2) is 52.5 Å². The first-order valence-electron chi connectivity index (χ1n) is 22.7. The molecule has 8 atom stereocenters. The molecule has 2 bridgehead atoms. The molecule has 0 amide bonds. The summed E-state index contributed by atoms with van der Waals surface area (Å²) >= 11 is 0. The Morgan fingerprint density at radius 2 is 1.93 bits per heavy atom. The molecule has 9 rings (SSSR count). The number of fused-ring (bicyclic) bond motifs is 8. The molecule has 0 unspecified atom stereocenters. The lowest BCUT2D eigenvalue weighted by molar-refractivity contribution is -0.127. The van der Waals surface area contributed by atoms with Crippen LogP contribution in [0.3, 0.4) is 0 Å². The number of aliphatic imine (C=N–C) groups is 1. The highest BCUT2D eigenvalue weighted by Crippen LogP contribution is 2.49. The Bertz CT molecular complexity index is 2240. The second kappa shape index (κ2) is 17.4. The van der Waals surface area contributed by atoms with Gasteiger partial charge in [0.15, 0.2) is 17.7 Å². The zero-order chi connectivity index (χ0) is 41.4. The van der Waals surface area contributed by atoms with Gasteiger partial charge in [-0.25, -0.2) is 0 Å². The SMILES string of the molecule is CCCCC[C@H](C(=O)CCc1ccc2c(c1)O[C@@H]1[C@@H](C#C[C@H](O)c3ccc4c(c3CC3=C5CN1C=C5N=C3)CCN[C@H]4N)C1(C#CO2)CCCC1)[C@H](O)[C@@H]1C=C[C@H](C)CC1. The average molecular weight is 809 g/mol. The molecular weight excluding hydrogens is 749 g/mol. The second-order valence-corrected chi connectivity index (χ2v) is 18.3. The molecule has 1 saturated carbocycles. The number of hydrogen-bond acceptors (Lipinski definition) is 9. The van der Waals surface area contributed by atoms with Crippen LogP contribution >= 0.6 is 0 Å². The number of ketones is 1. The lowest BCUT2D eigenvalue weighted by atomic mass is 9.73. The first-order valence-corrected chi connectivity index (χ1v) is 22.7. The molecule has 5 aliphatic heterocycles. The minimum absolute atomic E-state index is 0.0178. The van der Waals surface area contributed by atoms with Crippen LogP contribution < -0.4 is 20.5 Å². The number of unbranched alkanes of at least 4 members (excludes halogenated alkanes) is 2. The largest absolute Gasteiger partial charge is 0.465 e. The van der Waals surface area contributed by atoms with Crippen LogP contribution in [0, 0.1) is 53.0 Å². The van der Waals surface area contributed by atoms with Gasteiger partial charge in [-0.15, -0.1) is 0 Å². The van der Waals surface area contributed by atoms with Gasteiger partial charge in [0.2, 0.25) is 0 Å². The van der Waals surface area contributed by atoms with E-state index in [1.54, 1.807) is 0 Å². The Morgan fingerprint density at radius 3 is 2.75 bits per heavy atom. The topological polar surface area (TPSA) is 130 Å². The lowest BCUT2D eigenvalue weighted by Gasteiger charge is -2.39. The van der Waals surface area contributed by atoms with Crippen molar-refractivity contribution < 1.29 is 24.5 Å². The van der Waals surface area contributed by atoms with Crippen LogP contribution in [-0.2, 0) is 24.1 Å². The number of rotatable bonds is 10. The number of nitrogens with two attached hydrogens (primary N) is 1. The number of ether oxygens (including phenoxy) is 2. The zero-order valence-corrected chi connectivity index (χ0v) is 35.2. The first kappa shape index (κ1) is 40.7. The van der Waals surface area contributed by atoms with E-state index in [0.29, 0.717) is 49.6 Å². The van der Waals surface area contributed by atoms with E-state index in [4.69, 9.17) is 20.2 Å². The Balaban J connectivity index is 1.04. The fourth-order valence-electron chi connectivity index (χ4n) is 10.8. The van der Waals surface area contributed by atoms with Crippen molar-refractivity contribution in [3.8, 4) is 35.4 Å². The number of hydrogen-bond donors (Lipinski definition) is 4. The van der Waals surface area contributed by atoms with Crippen molar-refractivity contribution >= 4 is 12.0 Å². The van der Waals surface area contributed by atoms with Crippen molar-refractivity contribution in [3.63, 3.8) is 0 Å². The van der Waals surface area contributed by atoms with Crippen molar-refractivity contribution in [2.75, 3.05) is 13.1 Å². The number of carbonyl (C=O) groups is 1. The van der Waals surface area contributed by atoms with Gasteiger partial charge in [-0.3, -0.25) is 15.1 Å². The summed E-state index contributed by atoms with van der Waals surface area (Å²) in [5, 5.41) is 27.0. The minimum atomic E-state index is -1.02. The van der Waals surface area contributed by atoms with Crippen LogP contribution in [0.15, 0.2) is 70.5 Å². The van der Waals surface area contributed by atoms with Crippen molar-refractivity contribution in [1.82, 2.24) is 10.2 Å². The summed E-state index contributed by atoms with van der Waals surface area (Å²) in [5.74, 6) is 11.5. The van der Waals surface area contributed by atoms with E-state index in [-0.39, 0.29) is 23.8 Å². The fraction of sp³-hybridized carbons (Fsp3) is 0.529. The number of Topliss-reactive ketones (excluding diaryl/α,β-unsaturated/α-hetero) is 1. The smallest absolute Gasteiger partial charge is 0.187 e. The summed E-state index contributed by atoms with van der Waals surface area (Å²) in [4.78, 5) is 21.2. The molecule has 1 spiro atoms. The molecule has 7 aliphatic rings. The van der Waals surface area contributed by atoms with Gasteiger partial charge in [0.05, 0.1) is 29.3 Å². The van der Waals surface area contributed by atoms with Crippen LogP contribution in [0.5, 0.6) is 11.5 Å². The van der Waals surface area contributed by atoms with Crippen molar-refractivity contribution in [2.45, 2.75) is 128 Å². The molecule has 0 saturated heterocycles. The molecule has 0 radical (unpaired) electrons. The van der Waals surface area contributed by atoms with E-state index in [1.807, 2.05) is 36.5 Å². The second-order valence-electron chi connectivity index (χ2n) is 18.3. The molecule has 2 aromatic rings. The maximum absolute atomic E-state index is 14.0. The number of aryl methyl sites for hydroxylation is 1. The third kappa shape index (κ3) is 7.98. The Morgan fingerprint density at radius 1 is 1.08 bits per heavy atom. The quantitative estimate of drug-likeness (QED) is 0.110. The van der Waals surface area contributed by atoms with E-state index < -0.39 is 29.8 Å². The number of carbonyl (C=O) groups excluding carboxylic acids is 1. The lowest BCUT2D eigenvalue weighted by Crippen LogP contribution is -2.47. The molecule has 60 heavy (non-hydrogen) atoms. The van der Waals surface area contributed by atoms with Gasteiger partial charge in [-0.2, -0.15) is 0 Å². The Kier molecular flexibility index (Phi) is 11.8. The summed E-state index contributed by atoms with van der Waals surface area (Å²) in [5.41, 5.74) is 14.3. The normalized spacial score (nSPS) is 27.9. The van der Waals surface area contributed by atoms with Crippen molar-refractivity contribution in [2.24, 2.45) is 39.8 Å². The Hall–Kier alpha value is -4.64. The van der Waals surface area contributed by atoms with Crippen LogP contribution in [0.2, 0.25) is 0 Å². The van der Waals surface area contributed by atoms with Gasteiger partial charge in [0.25, 0.3) is 0 Å². The van der Waals surface area contributed by atoms with Gasteiger partial charge in [-0.1, -0.05) is 94.1 Å². The third-order valence-electron chi connectivity index (χ3n) is 14.4. The standard InChI is InChI=1S/C51H60N4O5/c1-3-4-5-8-39(48(58)34-13-9-32(2)10-14-34)45(57)18-11-33-12-20-46-47(27-33)60-50-42(51(24-26-59-46)22-6-7-23-51)17-19-44(56)37-15-16-38-36(21-25-53-49(38)52)40(37)28-35-29-54-43-31-55(50)30-41(35)43/h9,12-13,15-16,20,27,29,31-32,34,39,42,44,48-50,53,56,58H,3-8,10-11,14,18,21-23,25,28,30,52H2,1-2H3/t32-,34+,39+,42+,44-,48+,49+,50+/m0/s1. The fourth-order valence-corrected chi connectivity index (χ4v) is 10.8. The van der Waals surface area contributed by atoms with E-state index >= 15 is 0 Å². The molecule has 2 aliphatic carbocycles. The highest BCUT2D eigenvalue weighted by molar-refractivity contribution is 5.88. The number of benzene rings is 2. The minimum Gasteiger partial charge on any atom is -0.465 e. The molecule has 9 heteroatoms. The summed E-state index contributed by atoms with van der Waals surface area (Å²) in [6.45, 7) is 5.75. The van der Waals surface area contributed by atoms with E-state index in [0.717, 1.165) is 110 Å². The predicted molar refractivity (Wildman–Crippen MR) is 233 cm³/mol. The Labute approximate surface area is 355 Å². The summed E-state index contributed by atoms with van der Waals surface area (Å²) < 4.78 is 13.4. The molecule has 0 aromatic heterocycles. The maximum Gasteiger partial charge on any atom is 0.187 e. The average Bonchev–Trinajstić information content (AvgIpc) is 4.00. The van der Waals surface area contributed by atoms with Crippen LogP contribution in [0.1, 0.15) is 125 Å². The summed E-state index contributed by atoms with van der Waals surface area (Å²) in [6, 6.07) is 9.94. The molecule has 5 N–H and O–H groups in total. The molecule has 314 valence electrons. The van der Waals surface area contributed by atoms with E-state index in [9.17, 15) is 15.0 Å². The predicted octanol–water partition coefficient (Wildman–Crippen LogP) is 7.52.